The number of rotatable bonds is 33. The van der Waals surface area contributed by atoms with Crippen molar-refractivity contribution < 1.29 is 9.59 Å². The Morgan fingerprint density at radius 2 is 0.600 bits per heavy atom. The monoisotopic (exact) mass is 602 g/mol. The highest BCUT2D eigenvalue weighted by Crippen LogP contribution is 2.33. The Labute approximate surface area is 260 Å². The van der Waals surface area contributed by atoms with Gasteiger partial charge >= 0.3 is 0 Å². The number of hydrogen-bond acceptors (Lipinski definition) is 2. The van der Waals surface area contributed by atoms with Crippen LogP contribution in [0.3, 0.4) is 0 Å². The van der Waals surface area contributed by atoms with E-state index in [2.05, 4.69) is 13.8 Å². The zero-order chi connectivity index (χ0) is 29.5. The average molecular weight is 604 g/mol. The second-order valence-electron chi connectivity index (χ2n) is 12.7. The normalized spacial score (nSPS) is 13.0. The summed E-state index contributed by atoms with van der Waals surface area (Å²) in [5.74, 6) is 1.82. The summed E-state index contributed by atoms with van der Waals surface area (Å²) in [7, 11) is 0. The van der Waals surface area contributed by atoms with Crippen molar-refractivity contribution in [3.05, 3.63) is 0 Å². The van der Waals surface area contributed by atoms with E-state index in [0.29, 0.717) is 12.8 Å². The summed E-state index contributed by atoms with van der Waals surface area (Å²) in [6.07, 6.45) is 38.3. The van der Waals surface area contributed by atoms with Crippen LogP contribution in [0.1, 0.15) is 206 Å². The molecular weight excluding hydrogens is 535 g/mol. The maximum Gasteiger partial charge on any atom is 0.221 e. The summed E-state index contributed by atoms with van der Waals surface area (Å²) in [4.78, 5) is 21.9. The molecule has 0 bridgehead atoms. The molecule has 4 heteroatoms. The summed E-state index contributed by atoms with van der Waals surface area (Å²) in [6.45, 7) is 4.61. The molecular formula is C36H68Cl2O2. The molecule has 0 heterocycles. The van der Waals surface area contributed by atoms with Crippen molar-refractivity contribution in [3.63, 3.8) is 0 Å². The van der Waals surface area contributed by atoms with Crippen molar-refractivity contribution >= 4 is 33.7 Å². The molecule has 0 aliphatic carbocycles. The van der Waals surface area contributed by atoms with Gasteiger partial charge in [-0.3, -0.25) is 9.59 Å². The van der Waals surface area contributed by atoms with E-state index in [4.69, 9.17) is 23.2 Å². The van der Waals surface area contributed by atoms with Gasteiger partial charge in [-0.15, -0.1) is 0 Å². The third-order valence-electron chi connectivity index (χ3n) is 8.92. The van der Waals surface area contributed by atoms with Gasteiger partial charge < -0.3 is 0 Å². The second-order valence-corrected chi connectivity index (χ2v) is 13.5. The Kier molecular flexibility index (Phi) is 31.8. The minimum absolute atomic E-state index is 0.184. The minimum Gasteiger partial charge on any atom is -0.281 e. The van der Waals surface area contributed by atoms with E-state index in [9.17, 15) is 9.59 Å². The molecule has 0 saturated carbocycles. The third kappa shape index (κ3) is 29.4. The number of halogens is 2. The molecule has 0 aromatic rings. The first kappa shape index (κ1) is 39.9. The van der Waals surface area contributed by atoms with Crippen LogP contribution in [-0.4, -0.2) is 10.5 Å². The van der Waals surface area contributed by atoms with Crippen LogP contribution in [0.4, 0.5) is 0 Å². The van der Waals surface area contributed by atoms with Crippen molar-refractivity contribution in [2.45, 2.75) is 206 Å². The molecule has 0 aromatic heterocycles. The first-order valence-electron chi connectivity index (χ1n) is 17.9. The fraction of sp³-hybridized carbons (Fsp3) is 0.944. The summed E-state index contributed by atoms with van der Waals surface area (Å²) >= 11 is 11.0. The summed E-state index contributed by atoms with van der Waals surface area (Å²) in [5, 5.41) is -0.367. The van der Waals surface area contributed by atoms with Crippen LogP contribution in [0.2, 0.25) is 0 Å². The molecule has 2 unspecified atom stereocenters. The fourth-order valence-corrected chi connectivity index (χ4v) is 6.63. The Balaban J connectivity index is 4.73. The largest absolute Gasteiger partial charge is 0.281 e. The molecule has 0 rings (SSSR count). The lowest BCUT2D eigenvalue weighted by Crippen LogP contribution is -2.16. The minimum atomic E-state index is -0.184. The fourth-order valence-electron chi connectivity index (χ4n) is 6.36. The third-order valence-corrected chi connectivity index (χ3v) is 9.30. The zero-order valence-corrected chi connectivity index (χ0v) is 28.5. The van der Waals surface area contributed by atoms with Crippen LogP contribution in [-0.2, 0) is 9.59 Å². The van der Waals surface area contributed by atoms with Gasteiger partial charge in [-0.25, -0.2) is 0 Å². The SMILES string of the molecule is CCCCCCCCC(CCCCCCCCC(=O)Cl)C(CCCCCCCC)CCCCCCCCC(=O)Cl. The smallest absolute Gasteiger partial charge is 0.221 e. The average Bonchev–Trinajstić information content (AvgIpc) is 2.92. The number of hydrogen-bond donors (Lipinski definition) is 0. The molecule has 0 fully saturated rings. The van der Waals surface area contributed by atoms with Gasteiger partial charge in [-0.1, -0.05) is 181 Å². The Morgan fingerprint density at radius 1 is 0.375 bits per heavy atom. The van der Waals surface area contributed by atoms with Crippen LogP contribution in [0.15, 0.2) is 0 Å². The molecule has 0 N–H and O–H groups in total. The molecule has 2 nitrogen and oxygen atoms in total. The van der Waals surface area contributed by atoms with Crippen LogP contribution < -0.4 is 0 Å². The van der Waals surface area contributed by atoms with Gasteiger partial charge in [0.2, 0.25) is 10.5 Å². The molecule has 0 radical (unpaired) electrons. The van der Waals surface area contributed by atoms with E-state index in [-0.39, 0.29) is 10.5 Å². The van der Waals surface area contributed by atoms with Crippen LogP contribution in [0.5, 0.6) is 0 Å². The van der Waals surface area contributed by atoms with Gasteiger partial charge in [-0.05, 0) is 47.9 Å². The van der Waals surface area contributed by atoms with Crippen LogP contribution in [0.25, 0.3) is 0 Å². The molecule has 0 aliphatic rings. The van der Waals surface area contributed by atoms with Gasteiger partial charge in [0.05, 0.1) is 0 Å². The van der Waals surface area contributed by atoms with E-state index in [1.54, 1.807) is 0 Å². The van der Waals surface area contributed by atoms with Gasteiger partial charge in [0.1, 0.15) is 0 Å². The maximum atomic E-state index is 10.9. The Bertz CT molecular complexity index is 503. The van der Waals surface area contributed by atoms with E-state index < -0.39 is 0 Å². The van der Waals surface area contributed by atoms with Gasteiger partial charge in [-0.2, -0.15) is 0 Å². The first-order valence-corrected chi connectivity index (χ1v) is 18.6. The number of unbranched alkanes of at least 4 members (excludes halogenated alkanes) is 20. The van der Waals surface area contributed by atoms with Gasteiger partial charge in [0.25, 0.3) is 0 Å². The highest BCUT2D eigenvalue weighted by Gasteiger charge is 2.20. The number of carbonyl (C=O) groups is 2. The molecule has 238 valence electrons. The molecule has 40 heavy (non-hydrogen) atoms. The van der Waals surface area contributed by atoms with Gasteiger partial charge in [0.15, 0.2) is 0 Å². The van der Waals surface area contributed by atoms with Crippen LogP contribution >= 0.6 is 23.2 Å². The summed E-state index contributed by atoms with van der Waals surface area (Å²) in [6, 6.07) is 0. The maximum absolute atomic E-state index is 10.9. The standard InChI is InChI=1S/C36H68Cl2O2/c1-3-5-7-9-15-21-27-33(29-23-17-11-13-19-25-31-35(37)39)34(28-22-16-10-8-6-4-2)30-24-18-12-14-20-26-32-36(38)40/h33-34H,3-32H2,1-2H3. The predicted molar refractivity (Wildman–Crippen MR) is 179 cm³/mol. The summed E-state index contributed by atoms with van der Waals surface area (Å²) in [5.41, 5.74) is 0. The topological polar surface area (TPSA) is 34.1 Å². The lowest BCUT2D eigenvalue weighted by atomic mass is 9.78. The number of carbonyl (C=O) groups excluding carboxylic acids is 2. The van der Waals surface area contributed by atoms with E-state index in [0.717, 1.165) is 37.5 Å². The molecule has 0 amide bonds. The highest BCUT2D eigenvalue weighted by molar-refractivity contribution is 6.63. The van der Waals surface area contributed by atoms with E-state index in [1.807, 2.05) is 0 Å². The van der Waals surface area contributed by atoms with Gasteiger partial charge in [0, 0.05) is 12.8 Å². The van der Waals surface area contributed by atoms with Crippen molar-refractivity contribution in [2.24, 2.45) is 11.8 Å². The molecule has 0 aliphatic heterocycles. The highest BCUT2D eigenvalue weighted by atomic mass is 35.5. The lowest BCUT2D eigenvalue weighted by Gasteiger charge is -2.28. The molecule has 0 saturated heterocycles. The predicted octanol–water partition coefficient (Wildman–Crippen LogP) is 13.5. The van der Waals surface area contributed by atoms with Crippen molar-refractivity contribution in [1.29, 1.82) is 0 Å². The summed E-state index contributed by atoms with van der Waals surface area (Å²) < 4.78 is 0. The van der Waals surface area contributed by atoms with E-state index >= 15 is 0 Å². The molecule has 0 spiro atoms. The Hall–Kier alpha value is -0.0800. The van der Waals surface area contributed by atoms with Crippen molar-refractivity contribution in [2.75, 3.05) is 0 Å². The molecule has 2 atom stereocenters. The second kappa shape index (κ2) is 31.8. The first-order chi connectivity index (χ1) is 19.5. The quantitative estimate of drug-likeness (QED) is 0.0552. The van der Waals surface area contributed by atoms with E-state index in [1.165, 1.54) is 154 Å². The lowest BCUT2D eigenvalue weighted by molar-refractivity contribution is -0.112. The Morgan fingerprint density at radius 3 is 0.850 bits per heavy atom. The zero-order valence-electron chi connectivity index (χ0n) is 26.9. The van der Waals surface area contributed by atoms with Crippen LogP contribution in [0, 0.1) is 11.8 Å². The van der Waals surface area contributed by atoms with Crippen molar-refractivity contribution in [3.8, 4) is 0 Å². The molecule has 0 aromatic carbocycles. The van der Waals surface area contributed by atoms with Crippen molar-refractivity contribution in [1.82, 2.24) is 0 Å².